The highest BCUT2D eigenvalue weighted by molar-refractivity contribution is 5.89. The fourth-order valence-electron chi connectivity index (χ4n) is 3.16. The van der Waals surface area contributed by atoms with Gasteiger partial charge in [-0.25, -0.2) is 9.97 Å². The van der Waals surface area contributed by atoms with Crippen LogP contribution < -0.4 is 11.1 Å². The van der Waals surface area contributed by atoms with Crippen molar-refractivity contribution in [1.29, 1.82) is 0 Å². The molecule has 3 N–H and O–H groups in total. The molecule has 0 radical (unpaired) electrons. The van der Waals surface area contributed by atoms with Gasteiger partial charge in [-0.3, -0.25) is 4.68 Å². The Balaban J connectivity index is 1.74. The molecule has 0 fully saturated rings. The minimum absolute atomic E-state index is 0.0233. The van der Waals surface area contributed by atoms with Crippen molar-refractivity contribution in [2.24, 2.45) is 5.73 Å². The zero-order valence-electron chi connectivity index (χ0n) is 15.0. The Hall–Kier alpha value is -3.25. The van der Waals surface area contributed by atoms with Crippen LogP contribution in [-0.2, 0) is 13.0 Å². The normalized spacial score (nSPS) is 12.2. The molecule has 0 saturated carbocycles. The first kappa shape index (κ1) is 17.2. The third-order valence-corrected chi connectivity index (χ3v) is 4.46. The summed E-state index contributed by atoms with van der Waals surface area (Å²) in [5.41, 5.74) is 7.82. The average molecular weight is 358 g/mol. The van der Waals surface area contributed by atoms with Crippen molar-refractivity contribution >= 4 is 16.7 Å². The van der Waals surface area contributed by atoms with E-state index in [9.17, 15) is 0 Å². The number of anilines is 1. The van der Waals surface area contributed by atoms with Crippen LogP contribution in [0.4, 0.5) is 5.82 Å². The highest BCUT2D eigenvalue weighted by atomic mass is 15.3. The number of hydrogen-bond donors (Lipinski definition) is 2. The van der Waals surface area contributed by atoms with Gasteiger partial charge in [0.15, 0.2) is 0 Å². The highest BCUT2D eigenvalue weighted by Gasteiger charge is 2.16. The van der Waals surface area contributed by atoms with E-state index < -0.39 is 0 Å². The van der Waals surface area contributed by atoms with E-state index in [1.807, 2.05) is 59.4 Å². The lowest BCUT2D eigenvalue weighted by molar-refractivity contribution is 0.550. The minimum Gasteiger partial charge on any atom is -0.361 e. The fourth-order valence-corrected chi connectivity index (χ4v) is 3.16. The first-order chi connectivity index (χ1) is 13.3. The van der Waals surface area contributed by atoms with Crippen molar-refractivity contribution in [2.45, 2.75) is 19.0 Å². The van der Waals surface area contributed by atoms with Crippen LogP contribution in [0, 0.1) is 0 Å². The molecule has 0 aliphatic rings. The van der Waals surface area contributed by atoms with E-state index in [-0.39, 0.29) is 6.04 Å². The van der Waals surface area contributed by atoms with Crippen LogP contribution in [0.1, 0.15) is 17.4 Å². The van der Waals surface area contributed by atoms with Gasteiger partial charge >= 0.3 is 0 Å². The molecular formula is C21H22N6. The molecule has 0 spiro atoms. The molecule has 0 amide bonds. The summed E-state index contributed by atoms with van der Waals surface area (Å²) < 4.78 is 1.93. The van der Waals surface area contributed by atoms with Crippen LogP contribution in [0.2, 0.25) is 0 Å². The van der Waals surface area contributed by atoms with E-state index in [4.69, 9.17) is 10.7 Å². The molecule has 1 atom stereocenters. The van der Waals surface area contributed by atoms with Crippen molar-refractivity contribution in [3.05, 3.63) is 84.4 Å². The standard InChI is InChI=1S/C21H22N6/c22-12-11-20-24-18-10-5-4-9-17(18)21(26-20)25-19(15-27-14-6-13-23-27)16-7-2-1-3-8-16/h1-10,13-14,19H,11-12,15,22H2,(H,24,25,26)/t19-/m0/s1. The summed E-state index contributed by atoms with van der Waals surface area (Å²) in [7, 11) is 0. The number of para-hydroxylation sites is 1. The third-order valence-electron chi connectivity index (χ3n) is 4.46. The van der Waals surface area contributed by atoms with E-state index >= 15 is 0 Å². The van der Waals surface area contributed by atoms with E-state index in [2.05, 4.69) is 27.5 Å². The minimum atomic E-state index is 0.0233. The van der Waals surface area contributed by atoms with E-state index in [0.29, 0.717) is 19.5 Å². The molecule has 4 rings (SSSR count). The second-order valence-corrected chi connectivity index (χ2v) is 6.38. The Bertz CT molecular complexity index is 998. The Morgan fingerprint density at radius 2 is 1.78 bits per heavy atom. The van der Waals surface area contributed by atoms with Crippen LogP contribution in [0.3, 0.4) is 0 Å². The molecule has 2 aromatic heterocycles. The maximum absolute atomic E-state index is 5.73. The molecule has 27 heavy (non-hydrogen) atoms. The number of nitrogens with two attached hydrogens (primary N) is 1. The van der Waals surface area contributed by atoms with Crippen molar-refractivity contribution < 1.29 is 0 Å². The Kier molecular flexibility index (Phi) is 5.07. The maximum Gasteiger partial charge on any atom is 0.138 e. The largest absolute Gasteiger partial charge is 0.361 e. The summed E-state index contributed by atoms with van der Waals surface area (Å²) in [6.07, 6.45) is 4.41. The second-order valence-electron chi connectivity index (χ2n) is 6.38. The zero-order valence-corrected chi connectivity index (χ0v) is 15.0. The van der Waals surface area contributed by atoms with Gasteiger partial charge in [0.1, 0.15) is 11.6 Å². The number of nitrogens with zero attached hydrogens (tertiary/aromatic N) is 4. The van der Waals surface area contributed by atoms with Crippen LogP contribution in [-0.4, -0.2) is 26.3 Å². The fraction of sp³-hybridized carbons (Fsp3) is 0.190. The quantitative estimate of drug-likeness (QED) is 0.530. The molecule has 0 aliphatic heterocycles. The number of fused-ring (bicyclic) bond motifs is 1. The van der Waals surface area contributed by atoms with Crippen molar-refractivity contribution in [3.8, 4) is 0 Å². The van der Waals surface area contributed by atoms with Gasteiger partial charge in [-0.15, -0.1) is 0 Å². The van der Waals surface area contributed by atoms with E-state index in [0.717, 1.165) is 22.5 Å². The van der Waals surface area contributed by atoms with E-state index in [1.54, 1.807) is 6.20 Å². The van der Waals surface area contributed by atoms with Gasteiger partial charge in [-0.1, -0.05) is 42.5 Å². The number of aromatic nitrogens is 4. The van der Waals surface area contributed by atoms with Gasteiger partial charge in [0.25, 0.3) is 0 Å². The van der Waals surface area contributed by atoms with Crippen LogP contribution in [0.15, 0.2) is 73.1 Å². The first-order valence-electron chi connectivity index (χ1n) is 9.08. The summed E-state index contributed by atoms with van der Waals surface area (Å²) in [4.78, 5) is 9.39. The lowest BCUT2D eigenvalue weighted by Gasteiger charge is -2.21. The summed E-state index contributed by atoms with van der Waals surface area (Å²) in [5, 5.41) is 8.98. The molecule has 6 nitrogen and oxygen atoms in total. The lowest BCUT2D eigenvalue weighted by atomic mass is 10.1. The molecular weight excluding hydrogens is 336 g/mol. The third kappa shape index (κ3) is 3.96. The zero-order chi connectivity index (χ0) is 18.5. The van der Waals surface area contributed by atoms with Crippen LogP contribution in [0.25, 0.3) is 10.9 Å². The van der Waals surface area contributed by atoms with Crippen molar-refractivity contribution in [1.82, 2.24) is 19.7 Å². The predicted octanol–water partition coefficient (Wildman–Crippen LogP) is 3.18. The van der Waals surface area contributed by atoms with Gasteiger partial charge in [0.2, 0.25) is 0 Å². The summed E-state index contributed by atoms with van der Waals surface area (Å²) in [5.74, 6) is 1.58. The van der Waals surface area contributed by atoms with Gasteiger partial charge in [-0.2, -0.15) is 5.10 Å². The van der Waals surface area contributed by atoms with Gasteiger partial charge < -0.3 is 11.1 Å². The highest BCUT2D eigenvalue weighted by Crippen LogP contribution is 2.26. The number of nitrogens with one attached hydrogen (secondary N) is 1. The van der Waals surface area contributed by atoms with Crippen LogP contribution in [0.5, 0.6) is 0 Å². The maximum atomic E-state index is 5.73. The molecule has 2 heterocycles. The molecule has 2 aromatic carbocycles. The van der Waals surface area contributed by atoms with Gasteiger partial charge in [0.05, 0.1) is 18.1 Å². The second kappa shape index (κ2) is 7.97. The Morgan fingerprint density at radius 1 is 0.963 bits per heavy atom. The average Bonchev–Trinajstić information content (AvgIpc) is 3.22. The molecule has 0 unspecified atom stereocenters. The van der Waals surface area contributed by atoms with Crippen molar-refractivity contribution in [3.63, 3.8) is 0 Å². The van der Waals surface area contributed by atoms with E-state index in [1.165, 1.54) is 5.56 Å². The predicted molar refractivity (Wildman–Crippen MR) is 107 cm³/mol. The topological polar surface area (TPSA) is 81.6 Å². The summed E-state index contributed by atoms with van der Waals surface area (Å²) in [6, 6.07) is 20.3. The molecule has 0 bridgehead atoms. The number of rotatable bonds is 7. The van der Waals surface area contributed by atoms with Crippen LogP contribution >= 0.6 is 0 Å². The first-order valence-corrected chi connectivity index (χ1v) is 9.08. The Labute approximate surface area is 158 Å². The molecule has 136 valence electrons. The molecule has 0 saturated heterocycles. The molecule has 6 heteroatoms. The smallest absolute Gasteiger partial charge is 0.138 e. The number of hydrogen-bond acceptors (Lipinski definition) is 5. The SMILES string of the molecule is NCCc1nc(N[C@@H](Cn2cccn2)c2ccccc2)c2ccccc2n1. The summed E-state index contributed by atoms with van der Waals surface area (Å²) in [6.45, 7) is 1.22. The Morgan fingerprint density at radius 3 is 2.56 bits per heavy atom. The summed E-state index contributed by atoms with van der Waals surface area (Å²) >= 11 is 0. The lowest BCUT2D eigenvalue weighted by Crippen LogP contribution is -2.19. The monoisotopic (exact) mass is 358 g/mol. The van der Waals surface area contributed by atoms with Crippen molar-refractivity contribution in [2.75, 3.05) is 11.9 Å². The number of benzene rings is 2. The molecule has 4 aromatic rings. The van der Waals surface area contributed by atoms with Gasteiger partial charge in [0, 0.05) is 24.2 Å². The van der Waals surface area contributed by atoms with Gasteiger partial charge in [-0.05, 0) is 30.3 Å². The molecule has 0 aliphatic carbocycles.